The van der Waals surface area contributed by atoms with Crippen LogP contribution in [0.25, 0.3) is 0 Å². The van der Waals surface area contributed by atoms with Gasteiger partial charge in [0.1, 0.15) is 0 Å². The molecule has 1 heterocycles. The van der Waals surface area contributed by atoms with Crippen molar-refractivity contribution in [2.24, 2.45) is 10.9 Å². The maximum Gasteiger partial charge on any atom is 0.0420 e. The molecule has 2 heteroatoms. The molecule has 0 atom stereocenters. The molecule has 1 aliphatic carbocycles. The number of hydrogen-bond donors (Lipinski definition) is 0. The van der Waals surface area contributed by atoms with E-state index in [1.807, 2.05) is 13.1 Å². The summed E-state index contributed by atoms with van der Waals surface area (Å²) in [4.78, 5) is 7.02. The first-order valence-corrected chi connectivity index (χ1v) is 6.36. The van der Waals surface area contributed by atoms with Crippen LogP contribution in [0.15, 0.2) is 29.3 Å². The van der Waals surface area contributed by atoms with Crippen LogP contribution in [-0.4, -0.2) is 37.3 Å². The molecule has 2 nitrogen and oxygen atoms in total. The van der Waals surface area contributed by atoms with Crippen molar-refractivity contribution >= 4 is 5.71 Å². The average molecular weight is 218 g/mol. The zero-order chi connectivity index (χ0) is 11.4. The van der Waals surface area contributed by atoms with Crippen molar-refractivity contribution in [2.75, 3.05) is 26.7 Å². The number of likely N-dealkylation sites (tertiary alicyclic amines) is 1. The van der Waals surface area contributed by atoms with Gasteiger partial charge in [0.05, 0.1) is 0 Å². The highest BCUT2D eigenvalue weighted by atomic mass is 15.1. The lowest BCUT2D eigenvalue weighted by Gasteiger charge is -2.18. The molecule has 0 unspecified atom stereocenters. The minimum absolute atomic E-state index is 0.735. The number of nitrogens with zero attached hydrogens (tertiary/aromatic N) is 2. The Labute approximate surface area is 98.7 Å². The predicted octanol–water partition coefficient (Wildman–Crippen LogP) is 2.68. The van der Waals surface area contributed by atoms with Crippen LogP contribution >= 0.6 is 0 Å². The lowest BCUT2D eigenvalue weighted by atomic mass is 10.1. The summed E-state index contributed by atoms with van der Waals surface area (Å²) in [6.45, 7) is 7.38. The van der Waals surface area contributed by atoms with E-state index in [1.54, 1.807) is 0 Å². The zero-order valence-corrected chi connectivity index (χ0v) is 10.3. The Bertz CT molecular complexity index is 305. The molecule has 88 valence electrons. The van der Waals surface area contributed by atoms with Crippen molar-refractivity contribution in [2.45, 2.75) is 25.7 Å². The van der Waals surface area contributed by atoms with Crippen LogP contribution in [0, 0.1) is 5.92 Å². The van der Waals surface area contributed by atoms with Crippen LogP contribution in [0.4, 0.5) is 0 Å². The monoisotopic (exact) mass is 218 g/mol. The molecule has 1 saturated carbocycles. The molecule has 2 rings (SSSR count). The average Bonchev–Trinajstić information content (AvgIpc) is 2.97. The van der Waals surface area contributed by atoms with Crippen molar-refractivity contribution < 1.29 is 0 Å². The minimum Gasteiger partial charge on any atom is -0.299 e. The lowest BCUT2D eigenvalue weighted by Crippen LogP contribution is -2.25. The van der Waals surface area contributed by atoms with E-state index in [1.165, 1.54) is 50.1 Å². The molecule has 2 fully saturated rings. The summed E-state index contributed by atoms with van der Waals surface area (Å²) in [6.07, 6.45) is 9.40. The first-order valence-electron chi connectivity index (χ1n) is 6.36. The summed E-state index contributed by atoms with van der Waals surface area (Å²) < 4.78 is 0. The Morgan fingerprint density at radius 1 is 1.38 bits per heavy atom. The van der Waals surface area contributed by atoms with E-state index in [-0.39, 0.29) is 0 Å². The Kier molecular flexibility index (Phi) is 3.94. The normalized spacial score (nSPS) is 23.8. The van der Waals surface area contributed by atoms with Crippen molar-refractivity contribution in [3.05, 3.63) is 24.3 Å². The predicted molar refractivity (Wildman–Crippen MR) is 70.0 cm³/mol. The maximum atomic E-state index is 4.48. The summed E-state index contributed by atoms with van der Waals surface area (Å²) in [5.41, 5.74) is 2.72. The van der Waals surface area contributed by atoms with E-state index in [0.717, 1.165) is 12.5 Å². The van der Waals surface area contributed by atoms with Gasteiger partial charge in [-0.2, -0.15) is 0 Å². The number of aliphatic imine (C=N–C) groups is 1. The molecule has 0 aromatic heterocycles. The molecule has 0 aromatic rings. The third-order valence-electron chi connectivity index (χ3n) is 3.45. The second-order valence-electron chi connectivity index (χ2n) is 4.79. The van der Waals surface area contributed by atoms with Crippen molar-refractivity contribution in [3.8, 4) is 0 Å². The second-order valence-corrected chi connectivity index (χ2v) is 4.79. The van der Waals surface area contributed by atoms with E-state index in [0.29, 0.717) is 0 Å². The Morgan fingerprint density at radius 3 is 2.56 bits per heavy atom. The van der Waals surface area contributed by atoms with Gasteiger partial charge in [0.25, 0.3) is 0 Å². The molecule has 0 radical (unpaired) electrons. The molecule has 16 heavy (non-hydrogen) atoms. The fourth-order valence-electron chi connectivity index (χ4n) is 2.49. The summed E-state index contributed by atoms with van der Waals surface area (Å²) >= 11 is 0. The highest BCUT2D eigenvalue weighted by Crippen LogP contribution is 2.33. The van der Waals surface area contributed by atoms with E-state index in [2.05, 4.69) is 22.5 Å². The van der Waals surface area contributed by atoms with Crippen molar-refractivity contribution in [1.82, 2.24) is 4.90 Å². The zero-order valence-electron chi connectivity index (χ0n) is 10.3. The standard InChI is InChI=1S/C14H22N2/c1-3-6-13(11-16-9-4-5-10-16)14(15-2)12-7-8-12/h3,6,12H,1,4-5,7-11H2,2H3/b13-6-,15-14?. The van der Waals surface area contributed by atoms with Gasteiger partial charge in [0, 0.05) is 25.2 Å². The molecule has 0 spiro atoms. The van der Waals surface area contributed by atoms with E-state index < -0.39 is 0 Å². The van der Waals surface area contributed by atoms with Crippen LogP contribution in [0.1, 0.15) is 25.7 Å². The van der Waals surface area contributed by atoms with Gasteiger partial charge >= 0.3 is 0 Å². The molecule has 0 amide bonds. The Morgan fingerprint density at radius 2 is 2.06 bits per heavy atom. The molecule has 1 saturated heterocycles. The smallest absolute Gasteiger partial charge is 0.0420 e. The number of allylic oxidation sites excluding steroid dienone is 2. The highest BCUT2D eigenvalue weighted by Gasteiger charge is 2.29. The van der Waals surface area contributed by atoms with Gasteiger partial charge in [-0.25, -0.2) is 0 Å². The number of hydrogen-bond acceptors (Lipinski definition) is 2. The van der Waals surface area contributed by atoms with Gasteiger partial charge in [0.15, 0.2) is 0 Å². The first kappa shape index (κ1) is 11.6. The van der Waals surface area contributed by atoms with E-state index >= 15 is 0 Å². The summed E-state index contributed by atoms with van der Waals surface area (Å²) in [5.74, 6) is 0.735. The largest absolute Gasteiger partial charge is 0.299 e. The lowest BCUT2D eigenvalue weighted by molar-refractivity contribution is 0.372. The third-order valence-corrected chi connectivity index (χ3v) is 3.45. The highest BCUT2D eigenvalue weighted by molar-refractivity contribution is 6.03. The SMILES string of the molecule is C=C/C=C(/CN1CCCC1)C(=NC)C1CC1. The third kappa shape index (κ3) is 2.82. The van der Waals surface area contributed by atoms with E-state index in [4.69, 9.17) is 0 Å². The molecule has 1 aliphatic heterocycles. The summed E-state index contributed by atoms with van der Waals surface area (Å²) in [6, 6.07) is 0. The molecular formula is C14H22N2. The van der Waals surface area contributed by atoms with Gasteiger partial charge in [-0.1, -0.05) is 18.7 Å². The fraction of sp³-hybridized carbons (Fsp3) is 0.643. The van der Waals surface area contributed by atoms with Gasteiger partial charge in [-0.3, -0.25) is 9.89 Å². The van der Waals surface area contributed by atoms with Crippen LogP contribution < -0.4 is 0 Å². The van der Waals surface area contributed by atoms with Crippen LogP contribution in [0.5, 0.6) is 0 Å². The second kappa shape index (κ2) is 5.44. The quantitative estimate of drug-likeness (QED) is 0.511. The fourth-order valence-corrected chi connectivity index (χ4v) is 2.49. The van der Waals surface area contributed by atoms with Gasteiger partial charge < -0.3 is 0 Å². The van der Waals surface area contributed by atoms with Crippen LogP contribution in [-0.2, 0) is 0 Å². The van der Waals surface area contributed by atoms with Gasteiger partial charge in [0.2, 0.25) is 0 Å². The molecule has 0 bridgehead atoms. The molecule has 2 aliphatic rings. The van der Waals surface area contributed by atoms with Crippen LogP contribution in [0.3, 0.4) is 0 Å². The Balaban J connectivity index is 2.03. The van der Waals surface area contributed by atoms with Gasteiger partial charge in [-0.05, 0) is 44.3 Å². The number of rotatable bonds is 5. The van der Waals surface area contributed by atoms with E-state index in [9.17, 15) is 0 Å². The molecular weight excluding hydrogens is 196 g/mol. The van der Waals surface area contributed by atoms with Crippen LogP contribution in [0.2, 0.25) is 0 Å². The van der Waals surface area contributed by atoms with Crippen molar-refractivity contribution in [1.29, 1.82) is 0 Å². The summed E-state index contributed by atoms with van der Waals surface area (Å²) in [5, 5.41) is 0. The van der Waals surface area contributed by atoms with Crippen molar-refractivity contribution in [3.63, 3.8) is 0 Å². The Hall–Kier alpha value is -0.890. The molecule has 0 aromatic carbocycles. The maximum absolute atomic E-state index is 4.48. The summed E-state index contributed by atoms with van der Waals surface area (Å²) in [7, 11) is 1.93. The first-order chi connectivity index (χ1) is 7.85. The minimum atomic E-state index is 0.735. The van der Waals surface area contributed by atoms with Gasteiger partial charge in [-0.15, -0.1) is 0 Å². The molecule has 0 N–H and O–H groups in total. The topological polar surface area (TPSA) is 15.6 Å².